The van der Waals surface area contributed by atoms with Crippen molar-refractivity contribution in [1.82, 2.24) is 14.9 Å². The minimum Gasteiger partial charge on any atom is -0.456 e. The van der Waals surface area contributed by atoms with Gasteiger partial charge >= 0.3 is 0 Å². The Bertz CT molecular complexity index is 837. The van der Waals surface area contributed by atoms with E-state index in [-0.39, 0.29) is 11.7 Å². The number of aromatic nitrogens is 3. The second-order valence-electron chi connectivity index (χ2n) is 5.47. The molecule has 23 heavy (non-hydrogen) atoms. The molecule has 1 amide bonds. The van der Waals surface area contributed by atoms with Crippen LogP contribution in [0.3, 0.4) is 0 Å². The van der Waals surface area contributed by atoms with E-state index in [2.05, 4.69) is 15.6 Å². The summed E-state index contributed by atoms with van der Waals surface area (Å²) in [5, 5.41) is 10.8. The van der Waals surface area contributed by atoms with Gasteiger partial charge in [0.2, 0.25) is 0 Å². The quantitative estimate of drug-likeness (QED) is 0.800. The van der Waals surface area contributed by atoms with Crippen LogP contribution in [0.15, 0.2) is 27.3 Å². The van der Waals surface area contributed by atoms with Gasteiger partial charge in [-0.25, -0.2) is 0 Å². The number of rotatable bonds is 4. The number of hydrogen-bond donors (Lipinski definition) is 1. The van der Waals surface area contributed by atoms with Crippen LogP contribution in [0.5, 0.6) is 0 Å². The fourth-order valence-corrected chi connectivity index (χ4v) is 2.33. The third-order valence-electron chi connectivity index (χ3n) is 3.90. The molecule has 1 N–H and O–H groups in total. The predicted octanol–water partition coefficient (Wildman–Crippen LogP) is 2.77. The summed E-state index contributed by atoms with van der Waals surface area (Å²) >= 11 is 0. The highest BCUT2D eigenvalue weighted by Gasteiger charge is 2.16. The van der Waals surface area contributed by atoms with Crippen molar-refractivity contribution in [2.24, 2.45) is 7.05 Å². The van der Waals surface area contributed by atoms with Crippen LogP contribution in [0.2, 0.25) is 0 Å². The number of hydrogen-bond acceptors (Lipinski definition) is 5. The second-order valence-corrected chi connectivity index (χ2v) is 5.47. The Morgan fingerprint density at radius 3 is 2.70 bits per heavy atom. The molecule has 3 rings (SSSR count). The summed E-state index contributed by atoms with van der Waals surface area (Å²) in [5.41, 5.74) is 3.35. The van der Waals surface area contributed by atoms with E-state index in [4.69, 9.17) is 8.94 Å². The van der Waals surface area contributed by atoms with Gasteiger partial charge in [-0.15, -0.1) is 0 Å². The van der Waals surface area contributed by atoms with Crippen LogP contribution in [0.4, 0.5) is 5.69 Å². The molecule has 0 radical (unpaired) electrons. The molecule has 120 valence electrons. The molecule has 0 atom stereocenters. The lowest BCUT2D eigenvalue weighted by Gasteiger charge is -2.02. The average molecular weight is 314 g/mol. The molecule has 0 unspecified atom stereocenters. The minimum absolute atomic E-state index is 0.259. The standard InChI is InChI=1S/C16H18N4O3/c1-9-13(11(3)23-19-9)7-12-5-6-15(22-12)16(21)18-14-8-17-20(4)10(14)2/h5-6,8H,7H2,1-4H3,(H,18,21). The van der Waals surface area contributed by atoms with Crippen LogP contribution in [-0.4, -0.2) is 20.8 Å². The Hall–Kier alpha value is -2.83. The molecule has 0 aliphatic heterocycles. The van der Waals surface area contributed by atoms with Crippen LogP contribution >= 0.6 is 0 Å². The van der Waals surface area contributed by atoms with E-state index in [1.807, 2.05) is 27.8 Å². The molecule has 0 aromatic carbocycles. The van der Waals surface area contributed by atoms with Crippen LogP contribution in [-0.2, 0) is 13.5 Å². The largest absolute Gasteiger partial charge is 0.456 e. The highest BCUT2D eigenvalue weighted by Crippen LogP contribution is 2.20. The van der Waals surface area contributed by atoms with E-state index in [1.165, 1.54) is 0 Å². The molecular formula is C16H18N4O3. The maximum atomic E-state index is 12.3. The van der Waals surface area contributed by atoms with Gasteiger partial charge in [0.25, 0.3) is 5.91 Å². The lowest BCUT2D eigenvalue weighted by Crippen LogP contribution is -2.11. The lowest BCUT2D eigenvalue weighted by atomic mass is 10.1. The van der Waals surface area contributed by atoms with Gasteiger partial charge in [0.1, 0.15) is 11.5 Å². The van der Waals surface area contributed by atoms with Crippen LogP contribution in [0.1, 0.15) is 39.0 Å². The summed E-state index contributed by atoms with van der Waals surface area (Å²) < 4.78 is 12.5. The SMILES string of the molecule is Cc1noc(C)c1Cc1ccc(C(=O)Nc2cnn(C)c2C)o1. The predicted molar refractivity (Wildman–Crippen MR) is 83.4 cm³/mol. The van der Waals surface area contributed by atoms with E-state index in [1.54, 1.807) is 23.0 Å². The first-order chi connectivity index (χ1) is 11.0. The molecule has 0 fully saturated rings. The van der Waals surface area contributed by atoms with Crippen molar-refractivity contribution in [3.63, 3.8) is 0 Å². The maximum Gasteiger partial charge on any atom is 0.291 e. The Balaban J connectivity index is 1.74. The van der Waals surface area contributed by atoms with E-state index in [9.17, 15) is 4.79 Å². The van der Waals surface area contributed by atoms with Crippen LogP contribution in [0, 0.1) is 20.8 Å². The highest BCUT2D eigenvalue weighted by molar-refractivity contribution is 6.02. The molecule has 0 bridgehead atoms. The first-order valence-corrected chi connectivity index (χ1v) is 7.26. The van der Waals surface area contributed by atoms with Crippen molar-refractivity contribution >= 4 is 11.6 Å². The molecule has 0 aliphatic rings. The smallest absolute Gasteiger partial charge is 0.291 e. The fraction of sp³-hybridized carbons (Fsp3) is 0.312. The van der Waals surface area contributed by atoms with Gasteiger partial charge in [0.05, 0.1) is 23.3 Å². The summed E-state index contributed by atoms with van der Waals surface area (Å²) in [4.78, 5) is 12.3. The number of nitrogens with one attached hydrogen (secondary N) is 1. The molecule has 3 aromatic rings. The van der Waals surface area contributed by atoms with Gasteiger partial charge in [-0.1, -0.05) is 5.16 Å². The van der Waals surface area contributed by atoms with Gasteiger partial charge in [-0.05, 0) is 32.9 Å². The van der Waals surface area contributed by atoms with Gasteiger partial charge in [0, 0.05) is 19.0 Å². The molecule has 7 heteroatoms. The van der Waals surface area contributed by atoms with E-state index in [0.29, 0.717) is 17.9 Å². The molecule has 3 heterocycles. The summed E-state index contributed by atoms with van der Waals surface area (Å²) in [5.74, 6) is 1.41. The third-order valence-corrected chi connectivity index (χ3v) is 3.90. The van der Waals surface area contributed by atoms with Crippen molar-refractivity contribution < 1.29 is 13.7 Å². The molecular weight excluding hydrogens is 296 g/mol. The van der Waals surface area contributed by atoms with E-state index < -0.39 is 0 Å². The number of carbonyl (C=O) groups is 1. The van der Waals surface area contributed by atoms with Crippen LogP contribution < -0.4 is 5.32 Å². The Morgan fingerprint density at radius 2 is 2.09 bits per heavy atom. The summed E-state index contributed by atoms with van der Waals surface area (Å²) in [6, 6.07) is 3.45. The third kappa shape index (κ3) is 2.90. The summed E-state index contributed by atoms with van der Waals surface area (Å²) in [6.45, 7) is 5.62. The number of carbonyl (C=O) groups excluding carboxylic acids is 1. The maximum absolute atomic E-state index is 12.3. The van der Waals surface area contributed by atoms with E-state index >= 15 is 0 Å². The van der Waals surface area contributed by atoms with Crippen molar-refractivity contribution in [1.29, 1.82) is 0 Å². The van der Waals surface area contributed by atoms with Crippen LogP contribution in [0.25, 0.3) is 0 Å². The first kappa shape index (κ1) is 15.1. The fourth-order valence-electron chi connectivity index (χ4n) is 2.33. The molecule has 0 saturated carbocycles. The first-order valence-electron chi connectivity index (χ1n) is 7.26. The minimum atomic E-state index is -0.300. The molecule has 0 saturated heterocycles. The van der Waals surface area contributed by atoms with Gasteiger partial charge < -0.3 is 14.3 Å². The Kier molecular flexibility index (Phi) is 3.77. The van der Waals surface area contributed by atoms with Crippen molar-refractivity contribution in [2.45, 2.75) is 27.2 Å². The van der Waals surface area contributed by atoms with Gasteiger partial charge in [-0.3, -0.25) is 9.48 Å². The molecule has 3 aromatic heterocycles. The zero-order chi connectivity index (χ0) is 16.6. The number of amides is 1. The number of anilines is 1. The number of nitrogens with zero attached hydrogens (tertiary/aromatic N) is 3. The van der Waals surface area contributed by atoms with E-state index in [0.717, 1.165) is 22.7 Å². The number of aryl methyl sites for hydroxylation is 3. The second kappa shape index (κ2) is 5.75. The zero-order valence-corrected chi connectivity index (χ0v) is 13.5. The average Bonchev–Trinajstić information content (AvgIpc) is 3.20. The van der Waals surface area contributed by atoms with Crippen molar-refractivity contribution in [3.8, 4) is 0 Å². The zero-order valence-electron chi connectivity index (χ0n) is 13.5. The molecule has 7 nitrogen and oxygen atoms in total. The highest BCUT2D eigenvalue weighted by atomic mass is 16.5. The molecule has 0 spiro atoms. The van der Waals surface area contributed by atoms with Gasteiger partial charge in [0.15, 0.2) is 5.76 Å². The normalized spacial score (nSPS) is 11.0. The molecule has 0 aliphatic carbocycles. The Labute approximate surface area is 133 Å². The summed E-state index contributed by atoms with van der Waals surface area (Å²) in [7, 11) is 1.82. The van der Waals surface area contributed by atoms with Gasteiger partial charge in [-0.2, -0.15) is 5.10 Å². The van der Waals surface area contributed by atoms with Crippen molar-refractivity contribution in [2.75, 3.05) is 5.32 Å². The summed E-state index contributed by atoms with van der Waals surface area (Å²) in [6.07, 6.45) is 2.15. The lowest BCUT2D eigenvalue weighted by molar-refractivity contribution is 0.0995. The topological polar surface area (TPSA) is 86.1 Å². The van der Waals surface area contributed by atoms with Crippen molar-refractivity contribution in [3.05, 3.63) is 52.6 Å². The monoisotopic (exact) mass is 314 g/mol. The Morgan fingerprint density at radius 1 is 1.30 bits per heavy atom. The number of furan rings is 1.